The lowest BCUT2D eigenvalue weighted by Gasteiger charge is -2.12. The van der Waals surface area contributed by atoms with Gasteiger partial charge in [0.1, 0.15) is 0 Å². The molecule has 4 aromatic heterocycles. The van der Waals surface area contributed by atoms with Crippen LogP contribution in [0.1, 0.15) is 0 Å². The first-order valence-corrected chi connectivity index (χ1v) is 19.5. The molecule has 0 saturated carbocycles. The Morgan fingerprint density at radius 3 is 1.46 bits per heavy atom. The summed E-state index contributed by atoms with van der Waals surface area (Å²) in [5.74, 6) is 1.89. The second-order valence-corrected chi connectivity index (χ2v) is 14.9. The summed E-state index contributed by atoms with van der Waals surface area (Å²) in [7, 11) is 0. The molecule has 0 aliphatic heterocycles. The Balaban J connectivity index is 1.08. The predicted molar refractivity (Wildman–Crippen MR) is 232 cm³/mol. The van der Waals surface area contributed by atoms with E-state index >= 15 is 0 Å². The molecule has 11 aromatic rings. The maximum Gasteiger partial charge on any atom is 0.164 e. The molecule has 0 atom stereocenters. The van der Waals surface area contributed by atoms with Gasteiger partial charge in [0.2, 0.25) is 0 Å². The summed E-state index contributed by atoms with van der Waals surface area (Å²) in [6.07, 6.45) is 0. The molecule has 0 amide bonds. The van der Waals surface area contributed by atoms with Crippen LogP contribution in [0.3, 0.4) is 0 Å². The van der Waals surface area contributed by atoms with Gasteiger partial charge in [0.05, 0.1) is 26.9 Å². The summed E-state index contributed by atoms with van der Waals surface area (Å²) in [5, 5.41) is 3.57. The molecule has 4 heterocycles. The molecule has 0 N–H and O–H groups in total. The third kappa shape index (κ3) is 5.38. The van der Waals surface area contributed by atoms with Gasteiger partial charge < -0.3 is 4.57 Å². The van der Waals surface area contributed by atoms with Crippen LogP contribution in [0.15, 0.2) is 188 Å². The quantitative estimate of drug-likeness (QED) is 0.171. The monoisotopic (exact) mass is 733 g/mol. The number of aromatic nitrogens is 5. The SMILES string of the molecule is c1ccc(-c2ccc(-c3nc(-c4ccccc4)nc(-c4ccc(-n5c6ccccc6c6sc7c8ccccc8nc(-c8ccccc8)c7c65)cc4)n3)cc2)cc1. The van der Waals surface area contributed by atoms with Crippen molar-refractivity contribution in [3.05, 3.63) is 188 Å². The van der Waals surface area contributed by atoms with Crippen molar-refractivity contribution < 1.29 is 0 Å². The molecule has 0 bridgehead atoms. The van der Waals surface area contributed by atoms with E-state index in [0.717, 1.165) is 50.2 Å². The van der Waals surface area contributed by atoms with E-state index in [1.54, 1.807) is 0 Å². The van der Waals surface area contributed by atoms with Crippen molar-refractivity contribution in [2.75, 3.05) is 0 Å². The number of pyridine rings is 1. The summed E-state index contributed by atoms with van der Waals surface area (Å²) in [6, 6.07) is 65.3. The first-order valence-electron chi connectivity index (χ1n) is 18.6. The van der Waals surface area contributed by atoms with Crippen LogP contribution in [0.5, 0.6) is 0 Å². The maximum atomic E-state index is 5.31. The summed E-state index contributed by atoms with van der Waals surface area (Å²) in [6.45, 7) is 0. The molecule has 0 radical (unpaired) electrons. The van der Waals surface area contributed by atoms with Crippen LogP contribution in [0.2, 0.25) is 0 Å². The average molecular weight is 734 g/mol. The zero-order chi connectivity index (χ0) is 37.0. The van der Waals surface area contributed by atoms with Crippen molar-refractivity contribution in [3.63, 3.8) is 0 Å². The van der Waals surface area contributed by atoms with Crippen molar-refractivity contribution in [2.45, 2.75) is 0 Å². The lowest BCUT2D eigenvalue weighted by molar-refractivity contribution is 1.07. The van der Waals surface area contributed by atoms with Crippen LogP contribution in [-0.4, -0.2) is 24.5 Å². The standard InChI is InChI=1S/C50H31N5S/c1-4-14-32(15-5-1)33-24-26-36(27-25-33)49-52-48(35-18-8-3-9-19-35)53-50(54-49)37-28-30-38(31-29-37)55-42-23-13-11-21-40(42)47-45(55)43-44(34-16-6-2-7-17-34)51-41-22-12-10-20-39(41)46(43)56-47/h1-31H. The molecule has 0 aliphatic rings. The minimum Gasteiger partial charge on any atom is -0.308 e. The van der Waals surface area contributed by atoms with Crippen molar-refractivity contribution >= 4 is 53.4 Å². The Bertz CT molecular complexity index is 3210. The summed E-state index contributed by atoms with van der Waals surface area (Å²) >= 11 is 1.86. The van der Waals surface area contributed by atoms with Crippen molar-refractivity contribution in [3.8, 4) is 62.2 Å². The Morgan fingerprint density at radius 1 is 0.357 bits per heavy atom. The number of para-hydroxylation sites is 2. The van der Waals surface area contributed by atoms with Gasteiger partial charge in [-0.15, -0.1) is 11.3 Å². The number of thiophene rings is 1. The molecule has 5 nitrogen and oxygen atoms in total. The topological polar surface area (TPSA) is 56.5 Å². The van der Waals surface area contributed by atoms with E-state index in [1.807, 2.05) is 47.7 Å². The third-order valence-electron chi connectivity index (χ3n) is 10.5. The lowest BCUT2D eigenvalue weighted by atomic mass is 10.0. The van der Waals surface area contributed by atoms with E-state index in [9.17, 15) is 0 Å². The molecular weight excluding hydrogens is 703 g/mol. The average Bonchev–Trinajstić information content (AvgIpc) is 3.83. The Morgan fingerprint density at radius 2 is 0.821 bits per heavy atom. The molecule has 11 rings (SSSR count). The van der Waals surface area contributed by atoms with Crippen LogP contribution in [-0.2, 0) is 0 Å². The number of hydrogen-bond acceptors (Lipinski definition) is 5. The fourth-order valence-corrected chi connectivity index (χ4v) is 9.13. The molecule has 0 unspecified atom stereocenters. The van der Waals surface area contributed by atoms with Gasteiger partial charge in [-0.25, -0.2) is 19.9 Å². The van der Waals surface area contributed by atoms with E-state index in [-0.39, 0.29) is 0 Å². The molecule has 6 heteroatoms. The Kier molecular flexibility index (Phi) is 7.60. The van der Waals surface area contributed by atoms with Crippen LogP contribution in [0.25, 0.3) is 104 Å². The summed E-state index contributed by atoms with van der Waals surface area (Å²) < 4.78 is 4.90. The zero-order valence-electron chi connectivity index (χ0n) is 30.0. The van der Waals surface area contributed by atoms with Crippen molar-refractivity contribution in [1.82, 2.24) is 24.5 Å². The van der Waals surface area contributed by atoms with Gasteiger partial charge in [-0.2, -0.15) is 0 Å². The normalized spacial score (nSPS) is 11.6. The van der Waals surface area contributed by atoms with Gasteiger partial charge in [-0.3, -0.25) is 0 Å². The molecule has 0 aliphatic carbocycles. The van der Waals surface area contributed by atoms with E-state index in [4.69, 9.17) is 19.9 Å². The molecule has 0 saturated heterocycles. The minimum atomic E-state index is 0.623. The fourth-order valence-electron chi connectivity index (χ4n) is 7.77. The highest BCUT2D eigenvalue weighted by molar-refractivity contribution is 7.27. The first kappa shape index (κ1) is 32.2. The van der Waals surface area contributed by atoms with Crippen LogP contribution >= 0.6 is 11.3 Å². The second kappa shape index (κ2) is 13.2. The highest BCUT2D eigenvalue weighted by Crippen LogP contribution is 2.47. The van der Waals surface area contributed by atoms with Crippen molar-refractivity contribution in [2.24, 2.45) is 0 Å². The highest BCUT2D eigenvalue weighted by atomic mass is 32.1. The van der Waals surface area contributed by atoms with Gasteiger partial charge in [-0.05, 0) is 47.5 Å². The highest BCUT2D eigenvalue weighted by Gasteiger charge is 2.23. The largest absolute Gasteiger partial charge is 0.308 e. The predicted octanol–water partition coefficient (Wildman–Crippen LogP) is 13.1. The number of fused-ring (bicyclic) bond motifs is 7. The van der Waals surface area contributed by atoms with Crippen LogP contribution in [0, 0.1) is 0 Å². The maximum absolute atomic E-state index is 5.31. The van der Waals surface area contributed by atoms with Gasteiger partial charge in [-0.1, -0.05) is 152 Å². The molecular formula is C50H31N5S. The second-order valence-electron chi connectivity index (χ2n) is 13.8. The van der Waals surface area contributed by atoms with Gasteiger partial charge >= 0.3 is 0 Å². The van der Waals surface area contributed by atoms with Crippen molar-refractivity contribution in [1.29, 1.82) is 0 Å². The van der Waals surface area contributed by atoms with Crippen LogP contribution < -0.4 is 0 Å². The molecule has 7 aromatic carbocycles. The molecule has 262 valence electrons. The van der Waals surface area contributed by atoms with Gasteiger partial charge in [0.25, 0.3) is 0 Å². The molecule has 0 spiro atoms. The number of benzene rings is 7. The van der Waals surface area contributed by atoms with E-state index in [2.05, 4.69) is 156 Å². The minimum absolute atomic E-state index is 0.623. The number of nitrogens with zero attached hydrogens (tertiary/aromatic N) is 5. The zero-order valence-corrected chi connectivity index (χ0v) is 30.9. The number of rotatable bonds is 6. The summed E-state index contributed by atoms with van der Waals surface area (Å²) in [5.41, 5.74) is 11.6. The van der Waals surface area contributed by atoms with E-state index in [1.165, 1.54) is 36.6 Å². The lowest BCUT2D eigenvalue weighted by Crippen LogP contribution is -2.00. The van der Waals surface area contributed by atoms with Gasteiger partial charge in [0, 0.05) is 48.8 Å². The smallest absolute Gasteiger partial charge is 0.164 e. The Labute approximate surface area is 326 Å². The molecule has 0 fully saturated rings. The third-order valence-corrected chi connectivity index (χ3v) is 11.7. The van der Waals surface area contributed by atoms with E-state index < -0.39 is 0 Å². The van der Waals surface area contributed by atoms with Gasteiger partial charge in [0.15, 0.2) is 17.5 Å². The van der Waals surface area contributed by atoms with Crippen LogP contribution in [0.4, 0.5) is 0 Å². The fraction of sp³-hybridized carbons (Fsp3) is 0. The van der Waals surface area contributed by atoms with E-state index in [0.29, 0.717) is 17.5 Å². The first-order chi connectivity index (χ1) is 27.8. The Hall–Kier alpha value is -7.28. The summed E-state index contributed by atoms with van der Waals surface area (Å²) in [4.78, 5) is 20.4. The molecule has 56 heavy (non-hydrogen) atoms. The number of hydrogen-bond donors (Lipinski definition) is 0.